The van der Waals surface area contributed by atoms with Crippen LogP contribution in [0, 0.1) is 3.57 Å². The highest BCUT2D eigenvalue weighted by Gasteiger charge is 2.20. The molecule has 0 unspecified atom stereocenters. The summed E-state index contributed by atoms with van der Waals surface area (Å²) >= 11 is -3.66. The van der Waals surface area contributed by atoms with E-state index in [0.717, 1.165) is 12.0 Å². The van der Waals surface area contributed by atoms with Gasteiger partial charge in [-0.15, -0.1) is 0 Å². The Hall–Kier alpha value is -1.76. The summed E-state index contributed by atoms with van der Waals surface area (Å²) in [6.45, 7) is 2.31. The highest BCUT2D eigenvalue weighted by atomic mass is 127. The maximum Gasteiger partial charge on any atom is 0.342 e. The van der Waals surface area contributed by atoms with Crippen LogP contribution in [0.15, 0.2) is 54.6 Å². The first-order valence-corrected chi connectivity index (χ1v) is 9.96. The Bertz CT molecular complexity index is 703. The van der Waals surface area contributed by atoms with Crippen LogP contribution in [-0.2, 0) is 17.5 Å². The summed E-state index contributed by atoms with van der Waals surface area (Å²) in [4.78, 5) is 14.0. The number of benzene rings is 2. The topological polar surface area (TPSA) is 54.5 Å². The van der Waals surface area contributed by atoms with E-state index in [1.165, 1.54) is 0 Å². The van der Waals surface area contributed by atoms with Crippen molar-refractivity contribution in [2.75, 3.05) is 4.90 Å². The zero-order valence-corrected chi connectivity index (χ0v) is 14.5. The Labute approximate surface area is 137 Å². The summed E-state index contributed by atoms with van der Waals surface area (Å²) in [6, 6.07) is 16.3. The molecule has 116 valence electrons. The minimum atomic E-state index is -3.66. The molecule has 0 aliphatic carbocycles. The first kappa shape index (κ1) is 16.6. The second kappa shape index (κ2) is 8.03. The predicted molar refractivity (Wildman–Crippen MR) is 93.1 cm³/mol. The number of rotatable bonds is 6. The monoisotopic (exact) mass is 411 g/mol. The SMILES string of the molecule is CCCC(=O)N(Cc1ccccc1)c1ccccc1I(=O)=O. The fourth-order valence-electron chi connectivity index (χ4n) is 2.22. The molecule has 2 aromatic carbocycles. The summed E-state index contributed by atoms with van der Waals surface area (Å²) in [5.41, 5.74) is 1.46. The highest BCUT2D eigenvalue weighted by Crippen LogP contribution is 2.30. The van der Waals surface area contributed by atoms with Crippen molar-refractivity contribution in [2.24, 2.45) is 0 Å². The molecule has 0 spiro atoms. The van der Waals surface area contributed by atoms with Crippen LogP contribution < -0.4 is 4.90 Å². The van der Waals surface area contributed by atoms with Crippen LogP contribution >= 0.6 is 19.8 Å². The van der Waals surface area contributed by atoms with Gasteiger partial charge < -0.3 is 4.90 Å². The van der Waals surface area contributed by atoms with Gasteiger partial charge in [0.15, 0.2) is 0 Å². The van der Waals surface area contributed by atoms with Crippen molar-refractivity contribution in [3.63, 3.8) is 0 Å². The standard InChI is InChI=1S/C17H18INO3/c1-2-8-17(20)19(13-14-9-4-3-5-10-14)16-12-7-6-11-15(16)18(21)22/h3-7,9-12H,2,8,13H2,1H3. The van der Waals surface area contributed by atoms with Crippen LogP contribution in [0.4, 0.5) is 5.69 Å². The first-order valence-electron chi connectivity index (χ1n) is 7.12. The molecule has 0 fully saturated rings. The van der Waals surface area contributed by atoms with Crippen LogP contribution in [0.2, 0.25) is 0 Å². The summed E-state index contributed by atoms with van der Waals surface area (Å²) in [5, 5.41) is 0. The molecule has 2 rings (SSSR count). The van der Waals surface area contributed by atoms with Gasteiger partial charge in [0.2, 0.25) is 5.91 Å². The van der Waals surface area contributed by atoms with Crippen molar-refractivity contribution in [2.45, 2.75) is 26.3 Å². The number of anilines is 1. The average Bonchev–Trinajstić information content (AvgIpc) is 2.53. The van der Waals surface area contributed by atoms with Crippen LogP contribution in [-0.4, -0.2) is 5.91 Å². The van der Waals surface area contributed by atoms with Crippen molar-refractivity contribution in [3.8, 4) is 0 Å². The zero-order chi connectivity index (χ0) is 15.9. The molecule has 0 aliphatic heterocycles. The van der Waals surface area contributed by atoms with E-state index in [4.69, 9.17) is 0 Å². The molecule has 0 bridgehead atoms. The normalized spacial score (nSPS) is 10.6. The van der Waals surface area contributed by atoms with E-state index in [0.29, 0.717) is 18.7 Å². The van der Waals surface area contributed by atoms with E-state index in [2.05, 4.69) is 0 Å². The lowest BCUT2D eigenvalue weighted by atomic mass is 10.1. The number of para-hydroxylation sites is 1. The molecule has 0 radical (unpaired) electrons. The van der Waals surface area contributed by atoms with Gasteiger partial charge in [0.05, 0.1) is 12.2 Å². The molecule has 2 aromatic rings. The lowest BCUT2D eigenvalue weighted by Crippen LogP contribution is -2.30. The molecule has 0 heterocycles. The van der Waals surface area contributed by atoms with Crippen LogP contribution in [0.3, 0.4) is 0 Å². The third-order valence-corrected chi connectivity index (χ3v) is 5.12. The van der Waals surface area contributed by atoms with E-state index < -0.39 is 19.8 Å². The van der Waals surface area contributed by atoms with Crippen molar-refractivity contribution in [3.05, 3.63) is 63.7 Å². The van der Waals surface area contributed by atoms with E-state index >= 15 is 0 Å². The Balaban J connectivity index is 2.43. The smallest absolute Gasteiger partial charge is 0.307 e. The maximum atomic E-state index is 12.5. The number of hydrogen-bond donors (Lipinski definition) is 0. The maximum absolute atomic E-state index is 12.5. The zero-order valence-electron chi connectivity index (χ0n) is 12.4. The molecule has 0 aliphatic rings. The van der Waals surface area contributed by atoms with Crippen LogP contribution in [0.5, 0.6) is 0 Å². The van der Waals surface area contributed by atoms with E-state index in [-0.39, 0.29) is 9.48 Å². The predicted octanol–water partition coefficient (Wildman–Crippen LogP) is 4.39. The molecule has 22 heavy (non-hydrogen) atoms. The minimum Gasteiger partial charge on any atom is -0.307 e. The first-order chi connectivity index (χ1) is 10.6. The van der Waals surface area contributed by atoms with Gasteiger partial charge in [-0.05, 0) is 24.1 Å². The largest absolute Gasteiger partial charge is 0.342 e. The summed E-state index contributed by atoms with van der Waals surface area (Å²) in [5.74, 6) is -0.0588. The number of carbonyl (C=O) groups excluding carboxylic acids is 1. The molecule has 0 saturated carbocycles. The molecular formula is C17H18INO3. The highest BCUT2D eigenvalue weighted by molar-refractivity contribution is 14.2. The van der Waals surface area contributed by atoms with Crippen LogP contribution in [0.25, 0.3) is 0 Å². The summed E-state index contributed by atoms with van der Waals surface area (Å²) < 4.78 is 23.4. The number of amides is 1. The second-order valence-corrected chi connectivity index (χ2v) is 7.29. The lowest BCUT2D eigenvalue weighted by molar-refractivity contribution is -0.118. The third-order valence-electron chi connectivity index (χ3n) is 3.26. The van der Waals surface area contributed by atoms with Crippen molar-refractivity contribution in [1.82, 2.24) is 0 Å². The molecule has 1 amide bonds. The van der Waals surface area contributed by atoms with Crippen molar-refractivity contribution >= 4 is 31.4 Å². The molecule has 0 saturated heterocycles. The van der Waals surface area contributed by atoms with Gasteiger partial charge in [-0.25, -0.2) is 6.14 Å². The van der Waals surface area contributed by atoms with E-state index in [1.54, 1.807) is 29.2 Å². The van der Waals surface area contributed by atoms with Crippen LogP contribution in [0.1, 0.15) is 25.3 Å². The Morgan fingerprint density at radius 2 is 1.64 bits per heavy atom. The number of hydrogen-bond acceptors (Lipinski definition) is 3. The van der Waals surface area contributed by atoms with Crippen molar-refractivity contribution < 1.29 is 10.9 Å². The van der Waals surface area contributed by atoms with Gasteiger partial charge in [-0.3, -0.25) is 4.79 Å². The van der Waals surface area contributed by atoms with Gasteiger partial charge in [0, 0.05) is 6.42 Å². The Morgan fingerprint density at radius 3 is 2.27 bits per heavy atom. The second-order valence-electron chi connectivity index (χ2n) is 4.88. The minimum absolute atomic E-state index is 0.0588. The fraction of sp³-hybridized carbons (Fsp3) is 0.235. The molecule has 0 atom stereocenters. The quantitative estimate of drug-likeness (QED) is 0.663. The number of halogens is 1. The third kappa shape index (κ3) is 4.13. The van der Waals surface area contributed by atoms with E-state index in [9.17, 15) is 10.9 Å². The van der Waals surface area contributed by atoms with Gasteiger partial charge in [-0.1, -0.05) is 49.4 Å². The number of carbonyl (C=O) groups is 1. The van der Waals surface area contributed by atoms with Gasteiger partial charge in [0.1, 0.15) is 3.57 Å². The average molecular weight is 411 g/mol. The van der Waals surface area contributed by atoms with Gasteiger partial charge in [-0.2, -0.15) is 0 Å². The number of nitrogens with zero attached hydrogens (tertiary/aromatic N) is 1. The lowest BCUT2D eigenvalue weighted by Gasteiger charge is -2.24. The fourth-order valence-corrected chi connectivity index (χ4v) is 3.65. The van der Waals surface area contributed by atoms with Gasteiger partial charge >= 0.3 is 19.8 Å². The molecular weight excluding hydrogens is 393 g/mol. The molecule has 0 aromatic heterocycles. The molecule has 4 nitrogen and oxygen atoms in total. The molecule has 5 heteroatoms. The Kier molecular flexibility index (Phi) is 6.06. The van der Waals surface area contributed by atoms with Crippen molar-refractivity contribution in [1.29, 1.82) is 0 Å². The Morgan fingerprint density at radius 1 is 1.00 bits per heavy atom. The molecule has 0 N–H and O–H groups in total. The van der Waals surface area contributed by atoms with Gasteiger partial charge in [0.25, 0.3) is 0 Å². The van der Waals surface area contributed by atoms with E-state index in [1.807, 2.05) is 37.3 Å². The summed E-state index contributed by atoms with van der Waals surface area (Å²) in [7, 11) is 0. The summed E-state index contributed by atoms with van der Waals surface area (Å²) in [6.07, 6.45) is 1.12.